The minimum atomic E-state index is -0.751. The van der Waals surface area contributed by atoms with E-state index in [4.69, 9.17) is 4.74 Å². The minimum Gasteiger partial charge on any atom is -0.361 e. The fourth-order valence-electron chi connectivity index (χ4n) is 2.36. The van der Waals surface area contributed by atoms with E-state index < -0.39 is 5.60 Å². The summed E-state index contributed by atoms with van der Waals surface area (Å²) in [7, 11) is 0. The predicted molar refractivity (Wildman–Crippen MR) is 73.4 cm³/mol. The van der Waals surface area contributed by atoms with Crippen LogP contribution in [-0.2, 0) is 14.3 Å². The summed E-state index contributed by atoms with van der Waals surface area (Å²) < 4.78 is 5.22. The minimum absolute atomic E-state index is 0.116. The van der Waals surface area contributed by atoms with Crippen LogP contribution in [0.2, 0.25) is 0 Å². The summed E-state index contributed by atoms with van der Waals surface area (Å²) in [5.74, 6) is -0.445. The van der Waals surface area contributed by atoms with Gasteiger partial charge in [-0.2, -0.15) is 5.10 Å². The molecule has 1 aromatic carbocycles. The standard InChI is InChI=1S/C15H16N2O3/c1-10(18)17-8-12(11-6-4-3-5-7-11)13(16-17)14(19)15(2)9-20-15/h3-7,12H,8-9H2,1-2H3. The second-order valence-corrected chi connectivity index (χ2v) is 5.40. The van der Waals surface area contributed by atoms with Gasteiger partial charge in [-0.05, 0) is 12.5 Å². The maximum Gasteiger partial charge on any atom is 0.239 e. The lowest BCUT2D eigenvalue weighted by atomic mass is 9.88. The second-order valence-electron chi connectivity index (χ2n) is 5.40. The second kappa shape index (κ2) is 4.52. The first-order chi connectivity index (χ1) is 9.51. The number of amides is 1. The first-order valence-corrected chi connectivity index (χ1v) is 6.61. The number of rotatable bonds is 3. The molecule has 1 aromatic rings. The van der Waals surface area contributed by atoms with E-state index in [1.54, 1.807) is 6.92 Å². The number of nitrogens with zero attached hydrogens (tertiary/aromatic N) is 2. The van der Waals surface area contributed by atoms with Crippen molar-refractivity contribution in [2.75, 3.05) is 13.2 Å². The van der Waals surface area contributed by atoms with Crippen molar-refractivity contribution in [3.8, 4) is 0 Å². The molecule has 2 heterocycles. The Bertz CT molecular complexity index is 590. The summed E-state index contributed by atoms with van der Waals surface area (Å²) in [6, 6.07) is 9.66. The third kappa shape index (κ3) is 2.14. The topological polar surface area (TPSA) is 62.3 Å². The monoisotopic (exact) mass is 272 g/mol. The highest BCUT2D eigenvalue weighted by atomic mass is 16.6. The van der Waals surface area contributed by atoms with E-state index in [-0.39, 0.29) is 17.6 Å². The van der Waals surface area contributed by atoms with Crippen LogP contribution in [0.25, 0.3) is 0 Å². The molecular formula is C15H16N2O3. The van der Waals surface area contributed by atoms with Crippen LogP contribution in [0, 0.1) is 0 Å². The van der Waals surface area contributed by atoms with Crippen molar-refractivity contribution in [2.45, 2.75) is 25.4 Å². The van der Waals surface area contributed by atoms with Gasteiger partial charge in [-0.15, -0.1) is 0 Å². The summed E-state index contributed by atoms with van der Waals surface area (Å²) in [5, 5.41) is 5.58. The van der Waals surface area contributed by atoms with Gasteiger partial charge in [0.25, 0.3) is 0 Å². The van der Waals surface area contributed by atoms with Gasteiger partial charge in [0, 0.05) is 6.92 Å². The molecule has 0 radical (unpaired) electrons. The number of hydrogen-bond acceptors (Lipinski definition) is 4. The number of benzene rings is 1. The zero-order valence-corrected chi connectivity index (χ0v) is 11.5. The summed E-state index contributed by atoms with van der Waals surface area (Å²) in [4.78, 5) is 24.0. The van der Waals surface area contributed by atoms with Crippen LogP contribution in [0.15, 0.2) is 35.4 Å². The van der Waals surface area contributed by atoms with Crippen molar-refractivity contribution in [1.29, 1.82) is 0 Å². The van der Waals surface area contributed by atoms with Crippen molar-refractivity contribution in [1.82, 2.24) is 5.01 Å². The van der Waals surface area contributed by atoms with E-state index in [9.17, 15) is 9.59 Å². The average Bonchev–Trinajstić information content (AvgIpc) is 3.05. The number of hydrogen-bond donors (Lipinski definition) is 0. The molecule has 1 fully saturated rings. The number of epoxide rings is 1. The number of ether oxygens (including phenoxy) is 1. The SMILES string of the molecule is CC(=O)N1CC(c2ccccc2)C(C(=O)C2(C)CO2)=N1. The number of Topliss-reactive ketones (excluding diaryl/α,β-unsaturated/α-hetero) is 1. The van der Waals surface area contributed by atoms with Crippen molar-refractivity contribution < 1.29 is 14.3 Å². The fourth-order valence-corrected chi connectivity index (χ4v) is 2.36. The Kier molecular flexibility index (Phi) is 2.94. The van der Waals surface area contributed by atoms with Crippen LogP contribution in [0.1, 0.15) is 25.3 Å². The summed E-state index contributed by atoms with van der Waals surface area (Å²) in [6.07, 6.45) is 0. The molecule has 2 atom stereocenters. The molecule has 2 aliphatic heterocycles. The Hall–Kier alpha value is -2.01. The maximum atomic E-state index is 12.5. The molecule has 0 aliphatic carbocycles. The zero-order valence-electron chi connectivity index (χ0n) is 11.5. The molecule has 2 unspecified atom stereocenters. The van der Waals surface area contributed by atoms with Crippen molar-refractivity contribution in [3.05, 3.63) is 35.9 Å². The van der Waals surface area contributed by atoms with E-state index in [0.717, 1.165) is 5.56 Å². The lowest BCUT2D eigenvalue weighted by molar-refractivity contribution is -0.128. The molecule has 3 rings (SSSR count). The molecule has 20 heavy (non-hydrogen) atoms. The normalized spacial score (nSPS) is 28.2. The van der Waals surface area contributed by atoms with Gasteiger partial charge in [0.1, 0.15) is 5.71 Å². The highest BCUT2D eigenvalue weighted by Gasteiger charge is 2.51. The smallest absolute Gasteiger partial charge is 0.239 e. The van der Waals surface area contributed by atoms with Crippen LogP contribution < -0.4 is 0 Å². The van der Waals surface area contributed by atoms with E-state index in [2.05, 4.69) is 5.10 Å². The molecule has 5 heteroatoms. The largest absolute Gasteiger partial charge is 0.361 e. The first kappa shape index (κ1) is 13.0. The van der Waals surface area contributed by atoms with Gasteiger partial charge in [0.15, 0.2) is 5.60 Å². The number of ketones is 1. The van der Waals surface area contributed by atoms with Crippen molar-refractivity contribution in [3.63, 3.8) is 0 Å². The third-order valence-corrected chi connectivity index (χ3v) is 3.77. The molecule has 0 aromatic heterocycles. The summed E-state index contributed by atoms with van der Waals surface area (Å²) in [5.41, 5.74) is 0.664. The Labute approximate surface area is 117 Å². The van der Waals surface area contributed by atoms with Crippen LogP contribution >= 0.6 is 0 Å². The highest BCUT2D eigenvalue weighted by Crippen LogP contribution is 2.33. The van der Waals surface area contributed by atoms with E-state index in [1.165, 1.54) is 11.9 Å². The number of carbonyl (C=O) groups excluding carboxylic acids is 2. The average molecular weight is 272 g/mol. The molecule has 0 N–H and O–H groups in total. The van der Waals surface area contributed by atoms with Crippen LogP contribution in [0.3, 0.4) is 0 Å². The zero-order chi connectivity index (χ0) is 14.3. The van der Waals surface area contributed by atoms with Gasteiger partial charge in [-0.25, -0.2) is 5.01 Å². The molecule has 0 saturated carbocycles. The van der Waals surface area contributed by atoms with Gasteiger partial charge < -0.3 is 4.74 Å². The third-order valence-electron chi connectivity index (χ3n) is 3.77. The van der Waals surface area contributed by atoms with Gasteiger partial charge >= 0.3 is 0 Å². The molecule has 0 bridgehead atoms. The maximum absolute atomic E-state index is 12.5. The summed E-state index contributed by atoms with van der Waals surface area (Å²) >= 11 is 0. The molecular weight excluding hydrogens is 256 g/mol. The molecule has 2 aliphatic rings. The fraction of sp³-hybridized carbons (Fsp3) is 0.400. The van der Waals surface area contributed by atoms with Gasteiger partial charge in [0.05, 0.1) is 19.1 Å². The van der Waals surface area contributed by atoms with Crippen LogP contribution in [0.5, 0.6) is 0 Å². The predicted octanol–water partition coefficient (Wildman–Crippen LogP) is 1.35. The van der Waals surface area contributed by atoms with Gasteiger partial charge in [-0.1, -0.05) is 30.3 Å². The van der Waals surface area contributed by atoms with Crippen LogP contribution in [0.4, 0.5) is 0 Å². The van der Waals surface area contributed by atoms with E-state index >= 15 is 0 Å². The van der Waals surface area contributed by atoms with Gasteiger partial charge in [0.2, 0.25) is 11.7 Å². The van der Waals surface area contributed by atoms with Crippen molar-refractivity contribution >= 4 is 17.4 Å². The Morgan fingerprint density at radius 2 is 2.00 bits per heavy atom. The summed E-state index contributed by atoms with van der Waals surface area (Å²) in [6.45, 7) is 4.05. The molecule has 1 saturated heterocycles. The van der Waals surface area contributed by atoms with Gasteiger partial charge in [-0.3, -0.25) is 9.59 Å². The molecule has 5 nitrogen and oxygen atoms in total. The quantitative estimate of drug-likeness (QED) is 0.780. The lowest BCUT2D eigenvalue weighted by Crippen LogP contribution is -2.32. The Morgan fingerprint density at radius 1 is 1.35 bits per heavy atom. The Balaban J connectivity index is 1.95. The van der Waals surface area contributed by atoms with E-state index in [0.29, 0.717) is 18.9 Å². The van der Waals surface area contributed by atoms with E-state index in [1.807, 2.05) is 30.3 Å². The van der Waals surface area contributed by atoms with Crippen molar-refractivity contribution in [2.24, 2.45) is 5.10 Å². The Morgan fingerprint density at radius 3 is 2.55 bits per heavy atom. The first-order valence-electron chi connectivity index (χ1n) is 6.61. The lowest BCUT2D eigenvalue weighted by Gasteiger charge is -2.14. The molecule has 0 spiro atoms. The molecule has 104 valence electrons. The number of carbonyl (C=O) groups is 2. The highest BCUT2D eigenvalue weighted by molar-refractivity contribution is 6.45. The number of hydrazone groups is 1. The molecule has 1 amide bonds. The van der Waals surface area contributed by atoms with Crippen LogP contribution in [-0.4, -0.2) is 41.2 Å².